The average Bonchev–Trinajstić information content (AvgIpc) is 3.47. The van der Waals surface area contributed by atoms with Gasteiger partial charge in [-0.25, -0.2) is 9.78 Å². The summed E-state index contributed by atoms with van der Waals surface area (Å²) in [5.41, 5.74) is 1.69. The molecule has 2 heterocycles. The highest BCUT2D eigenvalue weighted by Gasteiger charge is 2.28. The van der Waals surface area contributed by atoms with E-state index >= 15 is 0 Å². The first kappa shape index (κ1) is 25.1. The fraction of sp³-hybridized carbons (Fsp3) is 0.0357. The van der Waals surface area contributed by atoms with Gasteiger partial charge >= 0.3 is 5.97 Å². The fourth-order valence-electron chi connectivity index (χ4n) is 3.90. The first-order valence-electron chi connectivity index (χ1n) is 11.3. The number of ether oxygens (including phenoxy) is 1. The molecule has 1 atom stereocenters. The number of carbonyl (C=O) groups is 2. The Hall–Kier alpha value is -4.60. The maximum atomic E-state index is 13.6. The summed E-state index contributed by atoms with van der Waals surface area (Å²) in [7, 11) is 0. The summed E-state index contributed by atoms with van der Waals surface area (Å²) in [6.45, 7) is 0. The predicted octanol–water partition coefficient (Wildman–Crippen LogP) is 7.06. The number of fused-ring (bicyclic) bond motifs is 1. The number of anilines is 1. The van der Waals surface area contributed by atoms with Gasteiger partial charge in [-0.3, -0.25) is 14.9 Å². The number of hydrogen-bond donors (Lipinski definition) is 1. The van der Waals surface area contributed by atoms with Gasteiger partial charge in [0, 0.05) is 22.7 Å². The molecule has 0 aliphatic carbocycles. The maximum Gasteiger partial charge on any atom is 0.340 e. The Bertz CT molecular complexity index is 1660. The second kappa shape index (κ2) is 10.8. The Morgan fingerprint density at radius 3 is 2.47 bits per heavy atom. The minimum Gasteiger partial charge on any atom is -0.444 e. The lowest BCUT2D eigenvalue weighted by Gasteiger charge is -2.19. The highest BCUT2D eigenvalue weighted by atomic mass is 35.5. The van der Waals surface area contributed by atoms with Crippen molar-refractivity contribution in [2.24, 2.45) is 0 Å². The standard InChI is InChI=1S/C28H18ClN3O5S/c29-21-13-12-18(15-24(21)32(35)36)30-27(33)26(17-7-2-1-3-8-17)37-28(34)20-16-23(25-11-6-14-38-25)31-22-10-5-4-9-19(20)22/h1-16,26H,(H,30,33). The van der Waals surface area contributed by atoms with Crippen LogP contribution in [0.4, 0.5) is 11.4 Å². The van der Waals surface area contributed by atoms with E-state index in [1.54, 1.807) is 54.6 Å². The molecule has 0 spiro atoms. The van der Waals surface area contributed by atoms with Crippen LogP contribution in [0.2, 0.25) is 5.02 Å². The topological polar surface area (TPSA) is 111 Å². The van der Waals surface area contributed by atoms with Crippen LogP contribution in [0.5, 0.6) is 0 Å². The summed E-state index contributed by atoms with van der Waals surface area (Å²) in [6, 6.07) is 25.0. The monoisotopic (exact) mass is 543 g/mol. The number of halogens is 1. The van der Waals surface area contributed by atoms with Crippen molar-refractivity contribution in [2.45, 2.75) is 6.10 Å². The molecule has 5 rings (SSSR count). The number of nitro benzene ring substituents is 1. The van der Waals surface area contributed by atoms with Crippen molar-refractivity contribution in [1.82, 2.24) is 4.98 Å². The zero-order chi connectivity index (χ0) is 26.6. The Balaban J connectivity index is 1.50. The summed E-state index contributed by atoms with van der Waals surface area (Å²) < 4.78 is 5.80. The first-order chi connectivity index (χ1) is 18.4. The SMILES string of the molecule is O=C(OC(C(=O)Nc1ccc(Cl)c([N+](=O)[O-])c1)c1ccccc1)c1cc(-c2cccs2)nc2ccccc12. The van der Waals surface area contributed by atoms with Gasteiger partial charge in [0.05, 0.1) is 26.6 Å². The van der Waals surface area contributed by atoms with E-state index in [9.17, 15) is 19.7 Å². The second-order valence-electron chi connectivity index (χ2n) is 8.16. The van der Waals surface area contributed by atoms with Gasteiger partial charge in [0.2, 0.25) is 6.10 Å². The van der Waals surface area contributed by atoms with Crippen LogP contribution in [0, 0.1) is 10.1 Å². The molecule has 0 saturated carbocycles. The summed E-state index contributed by atoms with van der Waals surface area (Å²) in [4.78, 5) is 43.1. The molecule has 2 aromatic heterocycles. The van der Waals surface area contributed by atoms with Crippen LogP contribution in [-0.4, -0.2) is 21.8 Å². The highest BCUT2D eigenvalue weighted by molar-refractivity contribution is 7.13. The molecule has 1 N–H and O–H groups in total. The molecule has 8 nitrogen and oxygen atoms in total. The number of carbonyl (C=O) groups excluding carboxylic acids is 2. The third kappa shape index (κ3) is 5.24. The molecule has 1 unspecified atom stereocenters. The zero-order valence-corrected chi connectivity index (χ0v) is 21.1. The van der Waals surface area contributed by atoms with Crippen LogP contribution in [-0.2, 0) is 9.53 Å². The van der Waals surface area contributed by atoms with Gasteiger partial charge in [-0.2, -0.15) is 0 Å². The molecule has 0 aliphatic heterocycles. The number of pyridine rings is 1. The van der Waals surface area contributed by atoms with Gasteiger partial charge in [0.1, 0.15) is 5.02 Å². The van der Waals surface area contributed by atoms with Gasteiger partial charge in [-0.05, 0) is 35.7 Å². The first-order valence-corrected chi connectivity index (χ1v) is 12.6. The van der Waals surface area contributed by atoms with Crippen molar-refractivity contribution in [3.8, 4) is 10.6 Å². The van der Waals surface area contributed by atoms with Crippen molar-refractivity contribution < 1.29 is 19.2 Å². The molecule has 0 saturated heterocycles. The van der Waals surface area contributed by atoms with Crippen molar-refractivity contribution in [1.29, 1.82) is 0 Å². The third-order valence-corrected chi connectivity index (χ3v) is 6.90. The number of esters is 1. The van der Waals surface area contributed by atoms with E-state index in [0.29, 0.717) is 22.2 Å². The van der Waals surface area contributed by atoms with E-state index in [1.807, 2.05) is 23.6 Å². The lowest BCUT2D eigenvalue weighted by molar-refractivity contribution is -0.384. The maximum absolute atomic E-state index is 13.6. The van der Waals surface area contributed by atoms with E-state index < -0.39 is 22.9 Å². The minimum atomic E-state index is -1.34. The summed E-state index contributed by atoms with van der Waals surface area (Å²) >= 11 is 7.38. The Morgan fingerprint density at radius 1 is 0.974 bits per heavy atom. The molecular formula is C28H18ClN3O5S. The highest BCUT2D eigenvalue weighted by Crippen LogP contribution is 2.31. The minimum absolute atomic E-state index is 0.0647. The molecule has 188 valence electrons. The molecule has 0 aliphatic rings. The van der Waals surface area contributed by atoms with Crippen molar-refractivity contribution in [3.05, 3.63) is 123 Å². The zero-order valence-electron chi connectivity index (χ0n) is 19.5. The fourth-order valence-corrected chi connectivity index (χ4v) is 4.78. The van der Waals surface area contributed by atoms with Crippen molar-refractivity contribution >= 4 is 57.1 Å². The summed E-state index contributed by atoms with van der Waals surface area (Å²) in [5.74, 6) is -1.40. The molecule has 38 heavy (non-hydrogen) atoms. The van der Waals surface area contributed by atoms with Gasteiger partial charge in [-0.15, -0.1) is 11.3 Å². The number of nitro groups is 1. The number of amides is 1. The molecule has 0 fully saturated rings. The van der Waals surface area contributed by atoms with E-state index in [1.165, 1.54) is 23.5 Å². The van der Waals surface area contributed by atoms with E-state index in [4.69, 9.17) is 16.3 Å². The van der Waals surface area contributed by atoms with E-state index in [2.05, 4.69) is 10.3 Å². The summed E-state index contributed by atoms with van der Waals surface area (Å²) in [6.07, 6.45) is -1.34. The quantitative estimate of drug-likeness (QED) is 0.133. The third-order valence-electron chi connectivity index (χ3n) is 5.69. The Labute approximate surface area is 225 Å². The molecule has 10 heteroatoms. The van der Waals surface area contributed by atoms with Gasteiger partial charge in [0.25, 0.3) is 11.6 Å². The van der Waals surface area contributed by atoms with Crippen LogP contribution in [0.1, 0.15) is 22.0 Å². The van der Waals surface area contributed by atoms with Crippen LogP contribution in [0.25, 0.3) is 21.5 Å². The van der Waals surface area contributed by atoms with Gasteiger partial charge < -0.3 is 10.1 Å². The molecular weight excluding hydrogens is 526 g/mol. The number of benzene rings is 3. The number of nitrogens with zero attached hydrogens (tertiary/aromatic N) is 2. The van der Waals surface area contributed by atoms with Crippen molar-refractivity contribution in [3.63, 3.8) is 0 Å². The largest absolute Gasteiger partial charge is 0.444 e. The average molecular weight is 544 g/mol. The van der Waals surface area contributed by atoms with Crippen LogP contribution < -0.4 is 5.32 Å². The molecule has 5 aromatic rings. The molecule has 0 bridgehead atoms. The van der Waals surface area contributed by atoms with Crippen LogP contribution >= 0.6 is 22.9 Å². The number of nitrogens with one attached hydrogen (secondary N) is 1. The summed E-state index contributed by atoms with van der Waals surface area (Å²) in [5, 5.41) is 16.3. The smallest absolute Gasteiger partial charge is 0.340 e. The lowest BCUT2D eigenvalue weighted by atomic mass is 10.1. The predicted molar refractivity (Wildman–Crippen MR) is 146 cm³/mol. The Kier molecular flexibility index (Phi) is 7.12. The number of aromatic nitrogens is 1. The molecule has 1 amide bonds. The van der Waals surface area contributed by atoms with Gasteiger partial charge in [0.15, 0.2) is 0 Å². The Morgan fingerprint density at radius 2 is 1.74 bits per heavy atom. The number of thiophene rings is 1. The number of rotatable bonds is 7. The second-order valence-corrected chi connectivity index (χ2v) is 9.51. The molecule has 3 aromatic carbocycles. The molecule has 0 radical (unpaired) electrons. The number of hydrogen-bond acceptors (Lipinski definition) is 7. The van der Waals surface area contributed by atoms with Gasteiger partial charge in [-0.1, -0.05) is 66.2 Å². The van der Waals surface area contributed by atoms with E-state index in [0.717, 1.165) is 10.9 Å². The lowest BCUT2D eigenvalue weighted by Crippen LogP contribution is -2.26. The van der Waals surface area contributed by atoms with E-state index in [-0.39, 0.29) is 22.0 Å². The number of para-hydroxylation sites is 1. The van der Waals surface area contributed by atoms with Crippen LogP contribution in [0.3, 0.4) is 0 Å². The normalized spacial score (nSPS) is 11.6. The van der Waals surface area contributed by atoms with Crippen molar-refractivity contribution in [2.75, 3.05) is 5.32 Å². The van der Waals surface area contributed by atoms with Crippen LogP contribution in [0.15, 0.2) is 96.4 Å².